The highest BCUT2D eigenvalue weighted by Gasteiger charge is 2.21. The molecule has 0 saturated carbocycles. The smallest absolute Gasteiger partial charge is 0.306 e. The van der Waals surface area contributed by atoms with E-state index in [1.54, 1.807) is 0 Å². The van der Waals surface area contributed by atoms with Gasteiger partial charge in [-0.3, -0.25) is 14.2 Å². The molecule has 0 aliphatic rings. The van der Waals surface area contributed by atoms with Crippen molar-refractivity contribution < 1.29 is 42.1 Å². The molecule has 0 aromatic rings. The quantitative estimate of drug-likeness (QED) is 0.0196. The van der Waals surface area contributed by atoms with Crippen molar-refractivity contribution in [3.8, 4) is 0 Å². The highest BCUT2D eigenvalue weighted by atomic mass is 31.2. The van der Waals surface area contributed by atoms with E-state index >= 15 is 0 Å². The van der Waals surface area contributed by atoms with E-state index in [2.05, 4.69) is 26.0 Å². The predicted octanol–water partition coefficient (Wildman–Crippen LogP) is 13.3. The van der Waals surface area contributed by atoms with Gasteiger partial charge in [0, 0.05) is 12.8 Å². The van der Waals surface area contributed by atoms with Gasteiger partial charge in [0.25, 0.3) is 7.82 Å². The van der Waals surface area contributed by atoms with Crippen LogP contribution < -0.4 is 4.89 Å². The summed E-state index contributed by atoms with van der Waals surface area (Å²) in [7, 11) is 1.14. The van der Waals surface area contributed by atoms with Crippen molar-refractivity contribution in [2.24, 2.45) is 0 Å². The van der Waals surface area contributed by atoms with Crippen LogP contribution in [0, 0.1) is 0 Å². The Morgan fingerprint density at radius 3 is 1.43 bits per heavy atom. The number of nitrogens with zero attached hydrogens (tertiary/aromatic N) is 1. The van der Waals surface area contributed by atoms with E-state index in [1.807, 2.05) is 33.3 Å². The normalized spacial score (nSPS) is 13.7. The van der Waals surface area contributed by atoms with Crippen molar-refractivity contribution in [3.63, 3.8) is 0 Å². The maximum absolute atomic E-state index is 12.6. The zero-order chi connectivity index (χ0) is 42.8. The van der Waals surface area contributed by atoms with Gasteiger partial charge < -0.3 is 27.9 Å². The fourth-order valence-electron chi connectivity index (χ4n) is 6.71. The zero-order valence-electron chi connectivity index (χ0n) is 38.5. The highest BCUT2D eigenvalue weighted by molar-refractivity contribution is 7.45. The molecule has 342 valence electrons. The lowest BCUT2D eigenvalue weighted by Gasteiger charge is -2.28. The molecule has 0 aliphatic carbocycles. The van der Waals surface area contributed by atoms with Crippen LogP contribution >= 0.6 is 7.82 Å². The Labute approximate surface area is 358 Å². The average Bonchev–Trinajstić information content (AvgIpc) is 3.17. The van der Waals surface area contributed by atoms with Crippen molar-refractivity contribution in [2.45, 2.75) is 225 Å². The second-order valence-electron chi connectivity index (χ2n) is 17.5. The van der Waals surface area contributed by atoms with Crippen molar-refractivity contribution >= 4 is 19.8 Å². The average molecular weight is 842 g/mol. The molecule has 0 heterocycles. The summed E-state index contributed by atoms with van der Waals surface area (Å²) < 4.78 is 33.9. The third-order valence-electron chi connectivity index (χ3n) is 10.5. The molecule has 0 aromatic carbocycles. The van der Waals surface area contributed by atoms with Crippen molar-refractivity contribution in [2.75, 3.05) is 47.5 Å². The van der Waals surface area contributed by atoms with E-state index in [4.69, 9.17) is 18.5 Å². The second-order valence-corrected chi connectivity index (χ2v) is 18.9. The molecule has 0 rings (SSSR count). The minimum Gasteiger partial charge on any atom is -0.756 e. The number of allylic oxidation sites excluding steroid dienone is 4. The predicted molar refractivity (Wildman–Crippen MR) is 241 cm³/mol. The monoisotopic (exact) mass is 842 g/mol. The number of quaternary nitrogens is 1. The number of phosphoric acid groups is 1. The third-order valence-corrected chi connectivity index (χ3v) is 11.5. The molecule has 0 aliphatic heterocycles. The molecule has 0 radical (unpaired) electrons. The summed E-state index contributed by atoms with van der Waals surface area (Å²) in [6, 6.07) is 0. The van der Waals surface area contributed by atoms with Gasteiger partial charge in [0.15, 0.2) is 6.10 Å². The fraction of sp³-hybridized carbons (Fsp3) is 0.875. The largest absolute Gasteiger partial charge is 0.756 e. The number of carbonyl (C=O) groups excluding carboxylic acids is 2. The summed E-state index contributed by atoms with van der Waals surface area (Å²) >= 11 is 0. The number of esters is 2. The van der Waals surface area contributed by atoms with E-state index in [1.165, 1.54) is 154 Å². The number of likely N-dealkylation sites (N-methyl/N-ethyl adjacent to an activating group) is 1. The molecule has 0 N–H and O–H groups in total. The van der Waals surface area contributed by atoms with Crippen LogP contribution in [0.25, 0.3) is 0 Å². The highest BCUT2D eigenvalue weighted by Crippen LogP contribution is 2.38. The SMILES string of the molecule is CCCCCCCC/C=C/C/C=C/CCC(=O)OC(COC(=O)CCCCCCCCCCCCCCCCCCCCCCC)COP(=O)([O-])OCC[N+](C)(C)C. The Morgan fingerprint density at radius 1 is 0.534 bits per heavy atom. The maximum atomic E-state index is 12.6. The van der Waals surface area contributed by atoms with Gasteiger partial charge in [-0.1, -0.05) is 199 Å². The molecular formula is C48H92NO8P. The molecule has 0 fully saturated rings. The molecule has 0 amide bonds. The molecule has 2 unspecified atom stereocenters. The summed E-state index contributed by atoms with van der Waals surface area (Å²) in [5.74, 6) is -0.903. The number of unbranched alkanes of at least 4 members (excludes halogenated alkanes) is 26. The van der Waals surface area contributed by atoms with Crippen LogP contribution in [0.3, 0.4) is 0 Å². The van der Waals surface area contributed by atoms with Crippen LogP contribution in [0.4, 0.5) is 0 Å². The van der Waals surface area contributed by atoms with Gasteiger partial charge in [0.2, 0.25) is 0 Å². The first-order valence-electron chi connectivity index (χ1n) is 24.0. The summed E-state index contributed by atoms with van der Waals surface area (Å²) in [4.78, 5) is 37.5. The summed E-state index contributed by atoms with van der Waals surface area (Å²) in [5.41, 5.74) is 0. The van der Waals surface area contributed by atoms with E-state index in [9.17, 15) is 19.0 Å². The zero-order valence-corrected chi connectivity index (χ0v) is 39.4. The van der Waals surface area contributed by atoms with Crippen molar-refractivity contribution in [1.82, 2.24) is 0 Å². The van der Waals surface area contributed by atoms with Gasteiger partial charge in [0.1, 0.15) is 19.8 Å². The Balaban J connectivity index is 4.25. The topological polar surface area (TPSA) is 111 Å². The lowest BCUT2D eigenvalue weighted by molar-refractivity contribution is -0.870. The van der Waals surface area contributed by atoms with Gasteiger partial charge in [-0.25, -0.2) is 0 Å². The van der Waals surface area contributed by atoms with Crippen LogP contribution in [0.15, 0.2) is 24.3 Å². The first kappa shape index (κ1) is 56.5. The lowest BCUT2D eigenvalue weighted by Crippen LogP contribution is -2.37. The number of ether oxygens (including phenoxy) is 2. The van der Waals surface area contributed by atoms with Crippen LogP contribution in [-0.2, 0) is 32.7 Å². The Bertz CT molecular complexity index is 1040. The van der Waals surface area contributed by atoms with Crippen LogP contribution in [0.5, 0.6) is 0 Å². The second kappa shape index (κ2) is 40.9. The first-order chi connectivity index (χ1) is 28.0. The van der Waals surface area contributed by atoms with Crippen molar-refractivity contribution in [3.05, 3.63) is 24.3 Å². The first-order valence-corrected chi connectivity index (χ1v) is 25.5. The molecule has 10 heteroatoms. The summed E-state index contributed by atoms with van der Waals surface area (Å²) in [5, 5.41) is 0. The summed E-state index contributed by atoms with van der Waals surface area (Å²) in [6.45, 7) is 4.18. The van der Waals surface area contributed by atoms with E-state index in [-0.39, 0.29) is 26.1 Å². The van der Waals surface area contributed by atoms with E-state index in [0.717, 1.165) is 32.1 Å². The fourth-order valence-corrected chi connectivity index (χ4v) is 7.44. The van der Waals surface area contributed by atoms with Gasteiger partial charge >= 0.3 is 11.9 Å². The van der Waals surface area contributed by atoms with Crippen molar-refractivity contribution in [1.29, 1.82) is 0 Å². The van der Waals surface area contributed by atoms with Crippen LogP contribution in [0.1, 0.15) is 219 Å². The van der Waals surface area contributed by atoms with E-state index in [0.29, 0.717) is 17.4 Å². The molecular weight excluding hydrogens is 750 g/mol. The number of phosphoric ester groups is 1. The molecule has 0 aromatic heterocycles. The van der Waals surface area contributed by atoms with Gasteiger partial charge in [-0.05, 0) is 32.1 Å². The van der Waals surface area contributed by atoms with Crippen LogP contribution in [0.2, 0.25) is 0 Å². The Morgan fingerprint density at radius 2 is 0.966 bits per heavy atom. The standard InChI is InChI=1S/C48H92NO8P/c1-6-8-10-12-14-16-18-20-21-22-23-24-25-26-27-29-30-32-34-36-38-40-47(50)54-44-46(45-56-58(52,53)55-43-42-49(3,4)5)57-48(51)41-39-37-35-33-31-28-19-17-15-13-11-9-7-2/h28,31,35,37,46H,6-27,29-30,32-34,36,38-45H2,1-5H3/b31-28+,37-35+. The van der Waals surface area contributed by atoms with Crippen LogP contribution in [-0.4, -0.2) is 70.0 Å². The molecule has 0 spiro atoms. The van der Waals surface area contributed by atoms with Gasteiger partial charge in [-0.2, -0.15) is 0 Å². The Hall–Kier alpha value is -1.51. The number of hydrogen-bond donors (Lipinski definition) is 0. The molecule has 0 saturated heterocycles. The Kier molecular flexibility index (Phi) is 39.8. The summed E-state index contributed by atoms with van der Waals surface area (Å²) in [6.07, 6.45) is 45.2. The minimum atomic E-state index is -4.64. The third kappa shape index (κ3) is 44.1. The molecule has 2 atom stereocenters. The maximum Gasteiger partial charge on any atom is 0.306 e. The lowest BCUT2D eigenvalue weighted by atomic mass is 10.0. The minimum absolute atomic E-state index is 0.0379. The number of hydrogen-bond acceptors (Lipinski definition) is 8. The molecule has 9 nitrogen and oxygen atoms in total. The number of carbonyl (C=O) groups is 2. The van der Waals surface area contributed by atoms with Gasteiger partial charge in [-0.15, -0.1) is 0 Å². The van der Waals surface area contributed by atoms with Gasteiger partial charge in [0.05, 0.1) is 27.7 Å². The number of rotatable bonds is 44. The van der Waals surface area contributed by atoms with E-state index < -0.39 is 32.5 Å². The molecule has 58 heavy (non-hydrogen) atoms. The molecule has 0 bridgehead atoms.